The number of urea groups is 1. The predicted octanol–water partition coefficient (Wildman–Crippen LogP) is 7.08. The van der Waals surface area contributed by atoms with Crippen LogP contribution in [0.4, 0.5) is 10.5 Å². The number of carbonyl (C=O) groups excluding carboxylic acids is 9. The van der Waals surface area contributed by atoms with Gasteiger partial charge < -0.3 is 47.3 Å². The Morgan fingerprint density at radius 2 is 1.35 bits per heavy atom. The van der Waals surface area contributed by atoms with Crippen molar-refractivity contribution >= 4 is 70.9 Å². The molecule has 0 saturated heterocycles. The van der Waals surface area contributed by atoms with Gasteiger partial charge >= 0.3 is 6.03 Å². The normalized spacial score (nSPS) is 13.7. The van der Waals surface area contributed by atoms with Gasteiger partial charge in [0.25, 0.3) is 17.7 Å². The van der Waals surface area contributed by atoms with Gasteiger partial charge in [-0.25, -0.2) is 4.79 Å². The molecule has 21 heteroatoms. The van der Waals surface area contributed by atoms with Gasteiger partial charge in [0.2, 0.25) is 29.5 Å². The zero-order chi connectivity index (χ0) is 62.6. The van der Waals surface area contributed by atoms with Crippen molar-refractivity contribution in [2.45, 2.75) is 171 Å². The summed E-state index contributed by atoms with van der Waals surface area (Å²) in [5, 5.41) is 16.8. The highest BCUT2D eigenvalue weighted by Gasteiger charge is 2.41. The maximum absolute atomic E-state index is 13.9. The number of likely N-dealkylation sites (N-methyl/N-ethyl adjacent to an activating group) is 2. The lowest BCUT2D eigenvalue weighted by atomic mass is 9.76. The topological polar surface area (TPSA) is 280 Å². The molecule has 20 nitrogen and oxygen atoms in total. The SMILES string of the molecule is CCC.CCC.CCc1cc(SNC(=O)/C(C)=C/CN(C)C(=O)C(NC(=O)C(NC)C(C)(C)c2ccccc2)C(C)(C)C)ccc1NC(=O)C(CCCNC(N)=O)NC(=O)CNC(=O)CC(C)(C)COCC(C)(C)CN1C(=O)C=CC1=O. The second-order valence-electron chi connectivity index (χ2n) is 23.8. The number of benzene rings is 2. The lowest BCUT2D eigenvalue weighted by Crippen LogP contribution is -2.60. The van der Waals surface area contributed by atoms with Crippen LogP contribution in [0.2, 0.25) is 0 Å². The van der Waals surface area contributed by atoms with E-state index in [9.17, 15) is 43.2 Å². The third kappa shape index (κ3) is 26.1. The Hall–Kier alpha value is -6.58. The van der Waals surface area contributed by atoms with Crippen LogP contribution in [0.15, 0.2) is 77.2 Å². The molecule has 0 bridgehead atoms. The number of aryl methyl sites for hydroxylation is 1. The molecule has 1 aliphatic heterocycles. The van der Waals surface area contributed by atoms with E-state index < -0.39 is 70.1 Å². The Bertz CT molecular complexity index is 2490. The van der Waals surface area contributed by atoms with Gasteiger partial charge in [0.15, 0.2) is 0 Å². The summed E-state index contributed by atoms with van der Waals surface area (Å²) in [7, 11) is 3.34. The number of carbonyl (C=O) groups is 9. The molecule has 458 valence electrons. The molecule has 0 radical (unpaired) electrons. The van der Waals surface area contributed by atoms with E-state index in [0.29, 0.717) is 22.6 Å². The number of nitrogens with zero attached hydrogens (tertiary/aromatic N) is 2. The highest BCUT2D eigenvalue weighted by molar-refractivity contribution is 7.98. The van der Waals surface area contributed by atoms with E-state index in [0.717, 1.165) is 28.0 Å². The van der Waals surface area contributed by atoms with Crippen LogP contribution in [0, 0.1) is 16.2 Å². The number of nitrogens with one attached hydrogen (secondary N) is 7. The number of hydrogen-bond acceptors (Lipinski definition) is 12. The molecular weight excluding hydrogens is 1060 g/mol. The van der Waals surface area contributed by atoms with Gasteiger partial charge in [0.1, 0.15) is 12.1 Å². The minimum atomic E-state index is -1.06. The molecule has 3 rings (SSSR count). The van der Waals surface area contributed by atoms with E-state index in [1.54, 1.807) is 39.2 Å². The van der Waals surface area contributed by atoms with Gasteiger partial charge in [-0.05, 0) is 85.3 Å². The monoisotopic (exact) mass is 1160 g/mol. The molecule has 1 aliphatic rings. The summed E-state index contributed by atoms with van der Waals surface area (Å²) in [6.07, 6.45) is 7.53. The van der Waals surface area contributed by atoms with Gasteiger partial charge in [0.05, 0.1) is 25.8 Å². The first-order valence-electron chi connectivity index (χ1n) is 28.3. The molecule has 2 aromatic carbocycles. The fourth-order valence-corrected chi connectivity index (χ4v) is 8.99. The fraction of sp³-hybridized carbons (Fsp3) is 0.590. The maximum Gasteiger partial charge on any atom is 0.312 e. The smallest absolute Gasteiger partial charge is 0.312 e. The molecule has 9 N–H and O–H groups in total. The molecular formula is C61H98N10O10S. The van der Waals surface area contributed by atoms with Crippen molar-refractivity contribution in [3.63, 3.8) is 0 Å². The van der Waals surface area contributed by atoms with Crippen molar-refractivity contribution in [3.05, 3.63) is 83.5 Å². The molecule has 3 atom stereocenters. The first-order valence-corrected chi connectivity index (χ1v) is 29.1. The van der Waals surface area contributed by atoms with Gasteiger partial charge in [-0.15, -0.1) is 0 Å². The van der Waals surface area contributed by atoms with Crippen molar-refractivity contribution in [2.75, 3.05) is 58.8 Å². The van der Waals surface area contributed by atoms with E-state index >= 15 is 0 Å². The van der Waals surface area contributed by atoms with Crippen LogP contribution in [0.1, 0.15) is 147 Å². The summed E-state index contributed by atoms with van der Waals surface area (Å²) >= 11 is 1.07. The average Bonchev–Trinajstić information content (AvgIpc) is 3.75. The molecule has 1 heterocycles. The second kappa shape index (κ2) is 35.4. The first-order chi connectivity index (χ1) is 38.2. The van der Waals surface area contributed by atoms with Gasteiger partial charge in [0, 0.05) is 72.2 Å². The summed E-state index contributed by atoms with van der Waals surface area (Å²) in [6, 6.07) is 11.6. The van der Waals surface area contributed by atoms with Crippen LogP contribution in [0.3, 0.4) is 0 Å². The molecule has 82 heavy (non-hydrogen) atoms. The molecule has 0 aliphatic carbocycles. The summed E-state index contributed by atoms with van der Waals surface area (Å²) in [5.41, 5.74) is 5.35. The first kappa shape index (κ1) is 73.4. The number of primary amides is 1. The quantitative estimate of drug-likeness (QED) is 0.0176. The maximum atomic E-state index is 13.9. The van der Waals surface area contributed by atoms with E-state index in [-0.39, 0.29) is 81.6 Å². The summed E-state index contributed by atoms with van der Waals surface area (Å²) < 4.78 is 8.76. The summed E-state index contributed by atoms with van der Waals surface area (Å²) in [6.45, 7) is 29.5. The Kier molecular flexibility index (Phi) is 31.7. The summed E-state index contributed by atoms with van der Waals surface area (Å²) in [4.78, 5) is 120. The molecule has 0 spiro atoms. The number of rotatable bonds is 29. The lowest BCUT2D eigenvalue weighted by molar-refractivity contribution is -0.139. The number of anilines is 1. The van der Waals surface area contributed by atoms with Gasteiger partial charge in [-0.2, -0.15) is 0 Å². The number of imide groups is 1. The lowest BCUT2D eigenvalue weighted by Gasteiger charge is -2.38. The van der Waals surface area contributed by atoms with Crippen LogP contribution in [-0.2, 0) is 54.9 Å². The van der Waals surface area contributed by atoms with Gasteiger partial charge in [-0.1, -0.05) is 146 Å². The Labute approximate surface area is 493 Å². The second-order valence-corrected chi connectivity index (χ2v) is 24.6. The molecule has 3 unspecified atom stereocenters. The Morgan fingerprint density at radius 3 is 1.90 bits per heavy atom. The van der Waals surface area contributed by atoms with E-state index in [4.69, 9.17) is 10.5 Å². The van der Waals surface area contributed by atoms with Crippen LogP contribution in [0.5, 0.6) is 0 Å². The van der Waals surface area contributed by atoms with Crippen LogP contribution >= 0.6 is 11.9 Å². The van der Waals surface area contributed by atoms with E-state index in [1.807, 2.05) is 106 Å². The van der Waals surface area contributed by atoms with Crippen molar-refractivity contribution in [1.82, 2.24) is 41.1 Å². The van der Waals surface area contributed by atoms with Gasteiger partial charge in [-0.3, -0.25) is 48.0 Å². The molecule has 2 aromatic rings. The standard InChI is InChI=1S/C55H82N10O10S.2C3H8/c1-14-36-29-38(76-63-47(70)35(2)26-28-64(13)50(73)46(52(3,4)5)62-49(72)45(57-12)55(10,11)37-19-16-15-17-20-37)22-23-39(36)61-48(71)40(21-18-27-58-51(56)74)60-42(67)31-59-41(66)30-53(6,7)33-75-34-54(8,9)32-65-43(68)24-25-44(65)69;2*1-3-2/h15-17,19-20,22-26,29,40,45-46,57H,14,18,21,27-28,30-34H2,1-13H3,(H,59,66)(H,60,67)(H,61,71)(H,62,72)(H,63,70)(H3,56,58,74);2*3H2,1-2H3/b35-26+;;. The number of amides is 10. The van der Waals surface area contributed by atoms with Crippen LogP contribution in [0.25, 0.3) is 0 Å². The Balaban J connectivity index is 0.00000535. The van der Waals surface area contributed by atoms with Crippen molar-refractivity contribution in [1.29, 1.82) is 0 Å². The van der Waals surface area contributed by atoms with Crippen LogP contribution < -0.4 is 42.4 Å². The highest BCUT2D eigenvalue weighted by Crippen LogP contribution is 2.30. The third-order valence-corrected chi connectivity index (χ3v) is 13.5. The van der Waals surface area contributed by atoms with Crippen molar-refractivity contribution in [3.8, 4) is 0 Å². The number of ether oxygens (including phenoxy) is 1. The fourth-order valence-electron chi connectivity index (χ4n) is 8.28. The van der Waals surface area contributed by atoms with E-state index in [2.05, 4.69) is 64.3 Å². The molecule has 10 amide bonds. The van der Waals surface area contributed by atoms with E-state index in [1.165, 1.54) is 29.9 Å². The van der Waals surface area contributed by atoms with Crippen molar-refractivity contribution < 1.29 is 47.9 Å². The number of hydrogen-bond donors (Lipinski definition) is 8. The molecule has 0 fully saturated rings. The van der Waals surface area contributed by atoms with Crippen molar-refractivity contribution in [2.24, 2.45) is 22.0 Å². The zero-order valence-electron chi connectivity index (χ0n) is 52.0. The number of nitrogens with two attached hydrogens (primary N) is 1. The predicted molar refractivity (Wildman–Crippen MR) is 326 cm³/mol. The Morgan fingerprint density at radius 1 is 0.768 bits per heavy atom. The highest BCUT2D eigenvalue weighted by atomic mass is 32.2. The minimum absolute atomic E-state index is 0.0131. The third-order valence-electron chi connectivity index (χ3n) is 12.8. The van der Waals surface area contributed by atoms with Crippen LogP contribution in [-0.4, -0.2) is 135 Å². The molecule has 0 aromatic heterocycles. The average molecular weight is 1160 g/mol. The minimum Gasteiger partial charge on any atom is -0.380 e. The molecule has 0 saturated carbocycles. The largest absolute Gasteiger partial charge is 0.380 e. The zero-order valence-corrected chi connectivity index (χ0v) is 52.8. The summed E-state index contributed by atoms with van der Waals surface area (Å²) in [5.74, 6) is -3.33.